The van der Waals surface area contributed by atoms with Crippen LogP contribution in [0.3, 0.4) is 0 Å². The van der Waals surface area contributed by atoms with E-state index in [1.165, 1.54) is 35.3 Å². The van der Waals surface area contributed by atoms with Crippen molar-refractivity contribution in [2.75, 3.05) is 54.1 Å². The summed E-state index contributed by atoms with van der Waals surface area (Å²) in [7, 11) is 0. The molecule has 0 bridgehead atoms. The quantitative estimate of drug-likeness (QED) is 0.761. The first-order valence-electron chi connectivity index (χ1n) is 10.6. The number of halogens is 1. The number of benzene rings is 1. The van der Waals surface area contributed by atoms with Gasteiger partial charge in [0.25, 0.3) is 0 Å². The standard InChI is InChI=1S/C21H28FN3O4S/c1-2-28-20(26)23-10-17-13-25(21(27)29-17)16-3-4-19(18(22)9-16)24-11-14-5-7-30-8-6-15(14)12-24/h3-4,9,14-15,17H,2,5-8,10-13H2,1H3,(H,23,26)/t14?,15?,17-/m0/s1. The Morgan fingerprint density at radius 2 is 2.00 bits per heavy atom. The van der Waals surface area contributed by atoms with E-state index in [1.807, 2.05) is 11.8 Å². The number of hydrogen-bond acceptors (Lipinski definition) is 6. The molecule has 30 heavy (non-hydrogen) atoms. The highest BCUT2D eigenvalue weighted by Crippen LogP contribution is 2.38. The molecule has 2 amide bonds. The maximum atomic E-state index is 15.0. The molecule has 0 spiro atoms. The van der Waals surface area contributed by atoms with Gasteiger partial charge in [0.15, 0.2) is 0 Å². The molecule has 0 radical (unpaired) electrons. The predicted molar refractivity (Wildman–Crippen MR) is 115 cm³/mol. The van der Waals surface area contributed by atoms with E-state index in [0.717, 1.165) is 13.1 Å². The summed E-state index contributed by atoms with van der Waals surface area (Å²) < 4.78 is 25.1. The Kier molecular flexibility index (Phi) is 6.55. The predicted octanol–water partition coefficient (Wildman–Crippen LogP) is 3.48. The summed E-state index contributed by atoms with van der Waals surface area (Å²) in [5, 5.41) is 2.56. The average molecular weight is 438 g/mol. The first kappa shape index (κ1) is 21.1. The molecule has 1 N–H and O–H groups in total. The van der Waals surface area contributed by atoms with Crippen LogP contribution in [0.1, 0.15) is 19.8 Å². The topological polar surface area (TPSA) is 71.1 Å². The van der Waals surface area contributed by atoms with Gasteiger partial charge >= 0.3 is 12.2 Å². The van der Waals surface area contributed by atoms with Crippen LogP contribution < -0.4 is 15.1 Å². The number of nitrogens with one attached hydrogen (secondary N) is 1. The van der Waals surface area contributed by atoms with Crippen LogP contribution >= 0.6 is 11.8 Å². The van der Waals surface area contributed by atoms with Crippen LogP contribution in [0.2, 0.25) is 0 Å². The van der Waals surface area contributed by atoms with Gasteiger partial charge in [-0.15, -0.1) is 0 Å². The average Bonchev–Trinajstić information content (AvgIpc) is 3.22. The maximum absolute atomic E-state index is 15.0. The molecule has 0 aliphatic carbocycles. The van der Waals surface area contributed by atoms with Crippen LogP contribution in [0.25, 0.3) is 0 Å². The summed E-state index contributed by atoms with van der Waals surface area (Å²) in [6, 6.07) is 4.94. The minimum absolute atomic E-state index is 0.149. The first-order chi connectivity index (χ1) is 14.5. The van der Waals surface area contributed by atoms with Gasteiger partial charge < -0.3 is 19.7 Å². The third-order valence-corrected chi connectivity index (χ3v) is 7.10. The number of thioether (sulfide) groups is 1. The molecule has 0 saturated carbocycles. The van der Waals surface area contributed by atoms with Gasteiger partial charge in [0.1, 0.15) is 11.9 Å². The molecule has 3 heterocycles. The molecule has 9 heteroatoms. The van der Waals surface area contributed by atoms with Crippen molar-refractivity contribution in [3.63, 3.8) is 0 Å². The van der Waals surface area contributed by atoms with E-state index in [4.69, 9.17) is 9.47 Å². The van der Waals surface area contributed by atoms with E-state index < -0.39 is 18.3 Å². The number of hydrogen-bond donors (Lipinski definition) is 1. The van der Waals surface area contributed by atoms with Crippen molar-refractivity contribution in [3.8, 4) is 0 Å². The zero-order valence-corrected chi connectivity index (χ0v) is 18.0. The Morgan fingerprint density at radius 3 is 2.67 bits per heavy atom. The van der Waals surface area contributed by atoms with Crippen molar-refractivity contribution < 1.29 is 23.5 Å². The molecule has 164 valence electrons. The Bertz CT molecular complexity index is 782. The van der Waals surface area contributed by atoms with E-state index in [9.17, 15) is 14.0 Å². The summed E-state index contributed by atoms with van der Waals surface area (Å²) >= 11 is 2.02. The van der Waals surface area contributed by atoms with Crippen molar-refractivity contribution in [1.29, 1.82) is 0 Å². The fourth-order valence-electron chi connectivity index (χ4n) is 4.50. The van der Waals surface area contributed by atoms with E-state index in [1.54, 1.807) is 19.1 Å². The van der Waals surface area contributed by atoms with Gasteiger partial charge in [-0.1, -0.05) is 0 Å². The number of cyclic esters (lactones) is 1. The van der Waals surface area contributed by atoms with E-state index in [0.29, 0.717) is 23.2 Å². The summed E-state index contributed by atoms with van der Waals surface area (Å²) in [5.74, 6) is 3.35. The molecule has 1 aromatic rings. The molecule has 3 atom stereocenters. The molecule has 4 rings (SSSR count). The van der Waals surface area contributed by atoms with Gasteiger partial charge in [-0.25, -0.2) is 14.0 Å². The highest BCUT2D eigenvalue weighted by atomic mass is 32.2. The minimum atomic E-state index is -0.553. The second kappa shape index (κ2) is 9.32. The van der Waals surface area contributed by atoms with Crippen LogP contribution in [0, 0.1) is 17.7 Å². The van der Waals surface area contributed by atoms with Crippen molar-refractivity contribution >= 4 is 35.3 Å². The van der Waals surface area contributed by atoms with E-state index in [2.05, 4.69) is 10.2 Å². The largest absolute Gasteiger partial charge is 0.450 e. The number of rotatable bonds is 5. The Labute approximate surface area is 180 Å². The number of carbonyl (C=O) groups excluding carboxylic acids is 2. The van der Waals surface area contributed by atoms with Gasteiger partial charge in [0.05, 0.1) is 31.1 Å². The van der Waals surface area contributed by atoms with Crippen LogP contribution in [0.5, 0.6) is 0 Å². The Hall–Kier alpha value is -2.16. The van der Waals surface area contributed by atoms with Crippen LogP contribution in [0.15, 0.2) is 18.2 Å². The number of fused-ring (bicyclic) bond motifs is 1. The van der Waals surface area contributed by atoms with E-state index >= 15 is 0 Å². The smallest absolute Gasteiger partial charge is 0.414 e. The van der Waals surface area contributed by atoms with Crippen molar-refractivity contribution in [3.05, 3.63) is 24.0 Å². The lowest BCUT2D eigenvalue weighted by Crippen LogP contribution is -2.35. The molecule has 1 aromatic carbocycles. The summed E-state index contributed by atoms with van der Waals surface area (Å²) in [6.45, 7) is 4.17. The SMILES string of the molecule is CCOC(=O)NC[C@H]1CN(c2ccc(N3CC4CCSCCC4C3)c(F)c2)C(=O)O1. The fourth-order valence-corrected chi connectivity index (χ4v) is 5.64. The van der Waals surface area contributed by atoms with Crippen LogP contribution in [-0.2, 0) is 9.47 Å². The zero-order chi connectivity index (χ0) is 21.1. The first-order valence-corrected chi connectivity index (χ1v) is 11.7. The van der Waals surface area contributed by atoms with Gasteiger partial charge in [-0.3, -0.25) is 4.90 Å². The molecule has 3 aliphatic rings. The molecule has 0 aromatic heterocycles. The number of anilines is 2. The van der Waals surface area contributed by atoms with Crippen molar-refractivity contribution in [2.24, 2.45) is 11.8 Å². The fraction of sp³-hybridized carbons (Fsp3) is 0.619. The van der Waals surface area contributed by atoms with E-state index in [-0.39, 0.29) is 25.5 Å². The molecule has 3 aliphatic heterocycles. The van der Waals surface area contributed by atoms with Gasteiger partial charge in [-0.2, -0.15) is 11.8 Å². The summed E-state index contributed by atoms with van der Waals surface area (Å²) in [5.41, 5.74) is 1.07. The Balaban J connectivity index is 1.38. The number of nitrogens with zero attached hydrogens (tertiary/aromatic N) is 2. The van der Waals surface area contributed by atoms with Gasteiger partial charge in [-0.05, 0) is 61.3 Å². The monoisotopic (exact) mass is 437 g/mol. The van der Waals surface area contributed by atoms with Gasteiger partial charge in [0, 0.05) is 13.1 Å². The third-order valence-electron chi connectivity index (χ3n) is 6.05. The van der Waals surface area contributed by atoms with Gasteiger partial charge in [0.2, 0.25) is 0 Å². The number of alkyl carbamates (subject to hydrolysis) is 1. The summed E-state index contributed by atoms with van der Waals surface area (Å²) in [6.07, 6.45) is 0.799. The lowest BCUT2D eigenvalue weighted by atomic mass is 9.92. The van der Waals surface area contributed by atoms with Crippen molar-refractivity contribution in [1.82, 2.24) is 5.32 Å². The molecular formula is C21H28FN3O4S. The lowest BCUT2D eigenvalue weighted by molar-refractivity contribution is 0.127. The molecule has 3 fully saturated rings. The molecule has 2 unspecified atom stereocenters. The molecule has 3 saturated heterocycles. The number of carbonyl (C=O) groups is 2. The second-order valence-electron chi connectivity index (χ2n) is 7.97. The van der Waals surface area contributed by atoms with Crippen LogP contribution in [0.4, 0.5) is 25.4 Å². The van der Waals surface area contributed by atoms with Crippen molar-refractivity contribution in [2.45, 2.75) is 25.9 Å². The third kappa shape index (κ3) is 4.61. The number of ether oxygens (including phenoxy) is 2. The summed E-state index contributed by atoms with van der Waals surface area (Å²) in [4.78, 5) is 27.2. The molecule has 7 nitrogen and oxygen atoms in total. The lowest BCUT2D eigenvalue weighted by Gasteiger charge is -2.21. The minimum Gasteiger partial charge on any atom is -0.450 e. The maximum Gasteiger partial charge on any atom is 0.414 e. The second-order valence-corrected chi connectivity index (χ2v) is 9.19. The highest BCUT2D eigenvalue weighted by molar-refractivity contribution is 7.99. The number of amides is 2. The highest BCUT2D eigenvalue weighted by Gasteiger charge is 2.36. The molecular weight excluding hydrogens is 409 g/mol. The van der Waals surface area contributed by atoms with Crippen LogP contribution in [-0.4, -0.2) is 62.6 Å². The normalized spacial score (nSPS) is 26.2. The Morgan fingerprint density at radius 1 is 1.27 bits per heavy atom. The zero-order valence-electron chi connectivity index (χ0n) is 17.1.